The van der Waals surface area contributed by atoms with Crippen LogP contribution < -0.4 is 14.2 Å². The van der Waals surface area contributed by atoms with E-state index in [-0.39, 0.29) is 17.9 Å². The first-order chi connectivity index (χ1) is 30.4. The molecule has 0 saturated heterocycles. The Hall–Kier alpha value is -3.41. The van der Waals surface area contributed by atoms with Gasteiger partial charge in [-0.05, 0) is 54.7 Å². The van der Waals surface area contributed by atoms with Gasteiger partial charge in [0.1, 0.15) is 17.2 Å². The molecule has 350 valence electrons. The Morgan fingerprint density at radius 3 is 0.887 bits per heavy atom. The largest absolute Gasteiger partial charge is 0.427 e. The lowest BCUT2D eigenvalue weighted by Crippen LogP contribution is -2.10. The van der Waals surface area contributed by atoms with E-state index in [9.17, 15) is 14.4 Å². The van der Waals surface area contributed by atoms with Crippen LogP contribution in [0.4, 0.5) is 0 Å². The molecule has 62 heavy (non-hydrogen) atoms. The Bertz CT molecular complexity index is 1370. The topological polar surface area (TPSA) is 78.9 Å². The second kappa shape index (κ2) is 39.2. The van der Waals surface area contributed by atoms with Gasteiger partial charge >= 0.3 is 17.9 Å². The van der Waals surface area contributed by atoms with Crippen LogP contribution >= 0.6 is 0 Å². The van der Waals surface area contributed by atoms with Crippen molar-refractivity contribution < 1.29 is 28.6 Å². The van der Waals surface area contributed by atoms with Crippen molar-refractivity contribution in [2.24, 2.45) is 0 Å². The molecule has 0 bridgehead atoms. The summed E-state index contributed by atoms with van der Waals surface area (Å²) in [5.41, 5.74) is 1.68. The van der Waals surface area contributed by atoms with Gasteiger partial charge in [0.15, 0.2) is 0 Å². The Morgan fingerprint density at radius 2 is 0.581 bits per heavy atom. The number of carbonyl (C=O) groups is 3. The molecule has 2 aromatic rings. The second-order valence-electron chi connectivity index (χ2n) is 17.9. The van der Waals surface area contributed by atoms with Gasteiger partial charge in [0.05, 0.1) is 0 Å². The summed E-state index contributed by atoms with van der Waals surface area (Å²) < 4.78 is 17.2. The fraction of sp³-hybridized carbons (Fsp3) is 0.696. The first kappa shape index (κ1) is 54.7. The van der Waals surface area contributed by atoms with Crippen molar-refractivity contribution in [2.75, 3.05) is 0 Å². The summed E-state index contributed by atoms with van der Waals surface area (Å²) in [6, 6.07) is 12.7. The maximum atomic E-state index is 12.9. The van der Waals surface area contributed by atoms with E-state index < -0.39 is 0 Å². The second-order valence-corrected chi connectivity index (χ2v) is 17.9. The normalized spacial score (nSPS) is 11.3. The molecule has 0 unspecified atom stereocenters. The van der Waals surface area contributed by atoms with Gasteiger partial charge in [-0.15, -0.1) is 0 Å². The molecule has 6 nitrogen and oxygen atoms in total. The number of hydrogen-bond acceptors (Lipinski definition) is 6. The zero-order valence-electron chi connectivity index (χ0n) is 40.1. The van der Waals surface area contributed by atoms with Gasteiger partial charge in [-0.2, -0.15) is 0 Å². The van der Waals surface area contributed by atoms with E-state index >= 15 is 0 Å². The predicted octanol–water partition coefficient (Wildman–Crippen LogP) is 17.7. The van der Waals surface area contributed by atoms with Gasteiger partial charge in [0.2, 0.25) is 0 Å². The van der Waals surface area contributed by atoms with Gasteiger partial charge in [0.25, 0.3) is 0 Å². The number of hydrogen-bond donors (Lipinski definition) is 0. The minimum Gasteiger partial charge on any atom is -0.427 e. The SMILES string of the molecule is CCCCCCCCCCCCCC(=O)Oc1ccc(C=Cc2cc(OC(=O)CCCCCCCCCCCCC)cc(OC(=O)CCCCCCCCCCCCC)c2)cc1. The van der Waals surface area contributed by atoms with Gasteiger partial charge in [0, 0.05) is 25.3 Å². The summed E-state index contributed by atoms with van der Waals surface area (Å²) in [5.74, 6) is 0.553. The van der Waals surface area contributed by atoms with Gasteiger partial charge in [-0.25, -0.2) is 0 Å². The minimum absolute atomic E-state index is 0.190. The number of benzene rings is 2. The Morgan fingerprint density at radius 1 is 0.323 bits per heavy atom. The molecule has 0 saturated carbocycles. The third kappa shape index (κ3) is 31.4. The summed E-state index contributed by atoms with van der Waals surface area (Å²) in [4.78, 5) is 38.3. The van der Waals surface area contributed by atoms with Crippen LogP contribution in [0.1, 0.15) is 263 Å². The van der Waals surface area contributed by atoms with E-state index in [0.717, 1.165) is 62.5 Å². The highest BCUT2D eigenvalue weighted by Crippen LogP contribution is 2.27. The highest BCUT2D eigenvalue weighted by Gasteiger charge is 2.12. The lowest BCUT2D eigenvalue weighted by atomic mass is 10.1. The molecule has 6 heteroatoms. The summed E-state index contributed by atoms with van der Waals surface area (Å²) >= 11 is 0. The molecule has 0 radical (unpaired) electrons. The summed E-state index contributed by atoms with van der Waals surface area (Å²) in [6.07, 6.45) is 45.6. The lowest BCUT2D eigenvalue weighted by Gasteiger charge is -2.10. The average Bonchev–Trinajstić information content (AvgIpc) is 3.26. The van der Waals surface area contributed by atoms with Crippen LogP contribution in [0.15, 0.2) is 42.5 Å². The van der Waals surface area contributed by atoms with Crippen molar-refractivity contribution in [3.8, 4) is 17.2 Å². The first-order valence-corrected chi connectivity index (χ1v) is 26.0. The van der Waals surface area contributed by atoms with Crippen molar-refractivity contribution in [2.45, 2.75) is 252 Å². The van der Waals surface area contributed by atoms with Crippen molar-refractivity contribution in [3.05, 3.63) is 53.6 Å². The summed E-state index contributed by atoms with van der Waals surface area (Å²) in [7, 11) is 0. The molecule has 0 fully saturated rings. The molecule has 0 aliphatic carbocycles. The Balaban J connectivity index is 1.85. The maximum Gasteiger partial charge on any atom is 0.311 e. The number of ether oxygens (including phenoxy) is 3. The van der Waals surface area contributed by atoms with Crippen LogP contribution in [0, 0.1) is 0 Å². The van der Waals surface area contributed by atoms with Crippen LogP contribution in [0.25, 0.3) is 12.2 Å². The highest BCUT2D eigenvalue weighted by atomic mass is 16.5. The van der Waals surface area contributed by atoms with Crippen LogP contribution in [0.5, 0.6) is 17.2 Å². The third-order valence-corrected chi connectivity index (χ3v) is 11.9. The molecule has 0 atom stereocenters. The molecule has 0 N–H and O–H groups in total. The van der Waals surface area contributed by atoms with E-state index in [1.807, 2.05) is 36.4 Å². The van der Waals surface area contributed by atoms with Gasteiger partial charge in [-0.1, -0.05) is 238 Å². The molecule has 0 aliphatic heterocycles. The van der Waals surface area contributed by atoms with Crippen molar-refractivity contribution in [1.82, 2.24) is 0 Å². The monoisotopic (exact) mass is 859 g/mol. The molecule has 0 heterocycles. The third-order valence-electron chi connectivity index (χ3n) is 11.9. The van der Waals surface area contributed by atoms with Crippen molar-refractivity contribution in [3.63, 3.8) is 0 Å². The smallest absolute Gasteiger partial charge is 0.311 e. The minimum atomic E-state index is -0.270. The van der Waals surface area contributed by atoms with Crippen LogP contribution in [0.2, 0.25) is 0 Å². The molecule has 2 aromatic carbocycles. The highest BCUT2D eigenvalue weighted by molar-refractivity contribution is 5.77. The van der Waals surface area contributed by atoms with Gasteiger partial charge < -0.3 is 14.2 Å². The number of rotatable bonds is 41. The quantitative estimate of drug-likeness (QED) is 0.0287. The number of carbonyl (C=O) groups excluding carboxylic acids is 3. The van der Waals surface area contributed by atoms with Crippen LogP contribution in [0.3, 0.4) is 0 Å². The van der Waals surface area contributed by atoms with E-state index in [4.69, 9.17) is 14.2 Å². The van der Waals surface area contributed by atoms with Crippen LogP contribution in [-0.2, 0) is 14.4 Å². The zero-order valence-corrected chi connectivity index (χ0v) is 40.1. The summed E-state index contributed by atoms with van der Waals surface area (Å²) in [6.45, 7) is 6.77. The van der Waals surface area contributed by atoms with E-state index in [1.54, 1.807) is 18.2 Å². The standard InChI is InChI=1S/C56H90O6/c1-4-7-10-13-16-19-22-25-28-31-34-37-54(57)60-51-44-42-49(43-45-51)40-41-50-46-52(61-55(58)38-35-32-29-26-23-20-17-14-11-8-5-2)48-53(47-50)62-56(59)39-36-33-30-27-24-21-18-15-12-9-6-3/h40-48H,4-39H2,1-3H3. The molecule has 0 spiro atoms. The maximum absolute atomic E-state index is 12.9. The van der Waals surface area contributed by atoms with E-state index in [0.29, 0.717) is 36.5 Å². The molecule has 2 rings (SSSR count). The zero-order chi connectivity index (χ0) is 44.6. The fourth-order valence-corrected chi connectivity index (χ4v) is 8.00. The lowest BCUT2D eigenvalue weighted by molar-refractivity contribution is -0.135. The van der Waals surface area contributed by atoms with E-state index in [2.05, 4.69) is 20.8 Å². The molecule has 0 amide bonds. The predicted molar refractivity (Wildman–Crippen MR) is 262 cm³/mol. The number of unbranched alkanes of at least 4 members (excludes halogenated alkanes) is 30. The van der Waals surface area contributed by atoms with Gasteiger partial charge in [-0.3, -0.25) is 14.4 Å². The first-order valence-electron chi connectivity index (χ1n) is 26.0. The van der Waals surface area contributed by atoms with E-state index in [1.165, 1.54) is 161 Å². The molecular formula is C56H90O6. The average molecular weight is 859 g/mol. The fourth-order valence-electron chi connectivity index (χ4n) is 8.00. The molecular weight excluding hydrogens is 769 g/mol. The number of esters is 3. The molecule has 0 aromatic heterocycles. The van der Waals surface area contributed by atoms with Crippen LogP contribution in [-0.4, -0.2) is 17.9 Å². The Kier molecular flexibility index (Phi) is 34.6. The Labute approximate surface area is 380 Å². The van der Waals surface area contributed by atoms with Crippen molar-refractivity contribution >= 4 is 30.1 Å². The molecule has 0 aliphatic rings. The summed E-state index contributed by atoms with van der Waals surface area (Å²) in [5, 5.41) is 0. The van der Waals surface area contributed by atoms with Crippen molar-refractivity contribution in [1.29, 1.82) is 0 Å².